The van der Waals surface area contributed by atoms with E-state index >= 15 is 0 Å². The molecule has 0 aliphatic carbocycles. The number of hydrogen-bond donors (Lipinski definition) is 3. The summed E-state index contributed by atoms with van der Waals surface area (Å²) in [5, 5.41) is 6.20. The number of carbonyl (C=O) groups excluding carboxylic acids is 2. The molecule has 3 N–H and O–H groups in total. The van der Waals surface area contributed by atoms with Crippen molar-refractivity contribution in [3.8, 4) is 5.75 Å². The smallest absolute Gasteiger partial charge is 0.313 e. The second-order valence-electron chi connectivity index (χ2n) is 5.59. The number of anilines is 1. The van der Waals surface area contributed by atoms with Gasteiger partial charge in [-0.1, -0.05) is 12.1 Å². The number of aromatic amines is 1. The normalized spacial score (nSPS) is 10.4. The number of amides is 2. The molecular weight excluding hydrogens is 318 g/mol. The molecule has 0 aliphatic rings. The number of fused-ring (bicyclic) bond motifs is 1. The van der Waals surface area contributed by atoms with Crippen LogP contribution in [0.15, 0.2) is 54.7 Å². The highest BCUT2D eigenvalue weighted by Gasteiger charge is 2.13. The maximum Gasteiger partial charge on any atom is 0.313 e. The number of nitrogens with one attached hydrogen (secondary N) is 3. The zero-order chi connectivity index (χ0) is 17.6. The summed E-state index contributed by atoms with van der Waals surface area (Å²) in [4.78, 5) is 26.9. The van der Waals surface area contributed by atoms with Crippen molar-refractivity contribution in [3.05, 3.63) is 60.3 Å². The lowest BCUT2D eigenvalue weighted by atomic mass is 10.1. The first-order valence-corrected chi connectivity index (χ1v) is 7.95. The first-order valence-electron chi connectivity index (χ1n) is 7.95. The predicted octanol–water partition coefficient (Wildman–Crippen LogP) is 2.47. The summed E-state index contributed by atoms with van der Waals surface area (Å²) in [6, 6.07) is 14.9. The first kappa shape index (κ1) is 16.6. The lowest BCUT2D eigenvalue weighted by Gasteiger charge is -2.07. The zero-order valence-electron chi connectivity index (χ0n) is 13.8. The van der Waals surface area contributed by atoms with Gasteiger partial charge in [0.15, 0.2) is 0 Å². The maximum atomic E-state index is 12.0. The number of benzene rings is 2. The van der Waals surface area contributed by atoms with Crippen LogP contribution in [0.25, 0.3) is 10.9 Å². The Labute approximate surface area is 145 Å². The summed E-state index contributed by atoms with van der Waals surface area (Å²) < 4.78 is 5.10. The molecule has 3 aromatic rings. The van der Waals surface area contributed by atoms with Crippen molar-refractivity contribution >= 4 is 28.4 Å². The van der Waals surface area contributed by atoms with E-state index < -0.39 is 11.8 Å². The summed E-state index contributed by atoms with van der Waals surface area (Å²) in [5.74, 6) is -0.543. The fourth-order valence-electron chi connectivity index (χ4n) is 2.51. The Morgan fingerprint density at radius 1 is 1.04 bits per heavy atom. The average Bonchev–Trinajstić information content (AvgIpc) is 3.10. The van der Waals surface area contributed by atoms with Crippen LogP contribution in [0.4, 0.5) is 5.69 Å². The van der Waals surface area contributed by atoms with Gasteiger partial charge in [0.25, 0.3) is 0 Å². The van der Waals surface area contributed by atoms with Crippen LogP contribution >= 0.6 is 0 Å². The van der Waals surface area contributed by atoms with E-state index in [1.807, 2.05) is 48.7 Å². The second kappa shape index (κ2) is 7.53. The van der Waals surface area contributed by atoms with E-state index in [9.17, 15) is 9.59 Å². The molecule has 1 aromatic heterocycles. The molecule has 1 heterocycles. The van der Waals surface area contributed by atoms with E-state index in [0.29, 0.717) is 18.7 Å². The Morgan fingerprint density at radius 3 is 2.60 bits per heavy atom. The molecule has 128 valence electrons. The van der Waals surface area contributed by atoms with E-state index in [1.165, 1.54) is 0 Å². The molecule has 2 amide bonds. The van der Waals surface area contributed by atoms with Gasteiger partial charge in [0.2, 0.25) is 0 Å². The molecule has 2 aromatic carbocycles. The molecule has 0 bridgehead atoms. The molecule has 3 rings (SSSR count). The van der Waals surface area contributed by atoms with Crippen LogP contribution in [0, 0.1) is 0 Å². The third-order valence-corrected chi connectivity index (χ3v) is 3.88. The van der Waals surface area contributed by atoms with Gasteiger partial charge in [-0.05, 0) is 48.4 Å². The maximum absolute atomic E-state index is 12.0. The van der Waals surface area contributed by atoms with E-state index in [0.717, 1.165) is 22.2 Å². The summed E-state index contributed by atoms with van der Waals surface area (Å²) in [5.41, 5.74) is 2.61. The summed E-state index contributed by atoms with van der Waals surface area (Å²) in [7, 11) is 1.61. The SMILES string of the molecule is COc1ccc(CCNC(=O)C(=O)Nc2ccc3[nH]ccc3c2)cc1. The number of aromatic nitrogens is 1. The van der Waals surface area contributed by atoms with E-state index in [1.54, 1.807) is 13.2 Å². The van der Waals surface area contributed by atoms with Crippen LogP contribution in [-0.2, 0) is 16.0 Å². The zero-order valence-corrected chi connectivity index (χ0v) is 13.8. The fourth-order valence-corrected chi connectivity index (χ4v) is 2.51. The van der Waals surface area contributed by atoms with Crippen LogP contribution in [-0.4, -0.2) is 30.5 Å². The highest BCUT2D eigenvalue weighted by molar-refractivity contribution is 6.39. The number of H-pyrrole nitrogens is 1. The third kappa shape index (κ3) is 4.17. The van der Waals surface area contributed by atoms with Crippen molar-refractivity contribution in [1.82, 2.24) is 10.3 Å². The van der Waals surface area contributed by atoms with Gasteiger partial charge in [0.1, 0.15) is 5.75 Å². The van der Waals surface area contributed by atoms with Crippen molar-refractivity contribution in [2.24, 2.45) is 0 Å². The van der Waals surface area contributed by atoms with Crippen LogP contribution in [0.1, 0.15) is 5.56 Å². The molecule has 25 heavy (non-hydrogen) atoms. The number of methoxy groups -OCH3 is 1. The first-order chi connectivity index (χ1) is 12.2. The third-order valence-electron chi connectivity index (χ3n) is 3.88. The Bertz CT molecular complexity index is 884. The average molecular weight is 337 g/mol. The molecule has 0 fully saturated rings. The van der Waals surface area contributed by atoms with Crippen LogP contribution < -0.4 is 15.4 Å². The fraction of sp³-hybridized carbons (Fsp3) is 0.158. The highest BCUT2D eigenvalue weighted by atomic mass is 16.5. The van der Waals surface area contributed by atoms with Crippen molar-refractivity contribution < 1.29 is 14.3 Å². The minimum absolute atomic E-state index is 0.384. The molecular formula is C19H19N3O3. The van der Waals surface area contributed by atoms with Gasteiger partial charge in [-0.3, -0.25) is 9.59 Å². The minimum Gasteiger partial charge on any atom is -0.497 e. The van der Waals surface area contributed by atoms with Crippen molar-refractivity contribution in [3.63, 3.8) is 0 Å². The van der Waals surface area contributed by atoms with Crippen LogP contribution in [0.3, 0.4) is 0 Å². The summed E-state index contributed by atoms with van der Waals surface area (Å²) in [6.07, 6.45) is 2.46. The van der Waals surface area contributed by atoms with Crippen molar-refractivity contribution in [2.75, 3.05) is 19.0 Å². The molecule has 6 heteroatoms. The van der Waals surface area contributed by atoms with Gasteiger partial charge in [0.05, 0.1) is 7.11 Å². The van der Waals surface area contributed by atoms with Gasteiger partial charge in [-0.25, -0.2) is 0 Å². The minimum atomic E-state index is -0.676. The Balaban J connectivity index is 1.49. The molecule has 6 nitrogen and oxygen atoms in total. The molecule has 0 saturated carbocycles. The highest BCUT2D eigenvalue weighted by Crippen LogP contribution is 2.17. The van der Waals surface area contributed by atoms with Crippen LogP contribution in [0.5, 0.6) is 5.75 Å². The van der Waals surface area contributed by atoms with Crippen molar-refractivity contribution in [1.29, 1.82) is 0 Å². The van der Waals surface area contributed by atoms with Crippen LogP contribution in [0.2, 0.25) is 0 Å². The Hall–Kier alpha value is -3.28. The number of rotatable bonds is 5. The standard InChI is InChI=1S/C19H19N3O3/c1-25-16-5-2-13(3-6-16)8-10-21-18(23)19(24)22-15-4-7-17-14(12-15)9-11-20-17/h2-7,9,11-12,20H,8,10H2,1H3,(H,21,23)(H,22,24). The van der Waals surface area contributed by atoms with Gasteiger partial charge in [-0.15, -0.1) is 0 Å². The van der Waals surface area contributed by atoms with Crippen molar-refractivity contribution in [2.45, 2.75) is 6.42 Å². The number of carbonyl (C=O) groups is 2. The number of ether oxygens (including phenoxy) is 1. The van der Waals surface area contributed by atoms with Gasteiger partial charge >= 0.3 is 11.8 Å². The predicted molar refractivity (Wildman–Crippen MR) is 96.6 cm³/mol. The lowest BCUT2D eigenvalue weighted by Crippen LogP contribution is -2.36. The Morgan fingerprint density at radius 2 is 1.84 bits per heavy atom. The molecule has 0 unspecified atom stereocenters. The van der Waals surface area contributed by atoms with Gasteiger partial charge in [0, 0.05) is 29.3 Å². The molecule has 0 aliphatic heterocycles. The quantitative estimate of drug-likeness (QED) is 0.626. The van der Waals surface area contributed by atoms with Gasteiger partial charge in [-0.2, -0.15) is 0 Å². The van der Waals surface area contributed by atoms with Gasteiger partial charge < -0.3 is 20.4 Å². The summed E-state index contributed by atoms with van der Waals surface area (Å²) >= 11 is 0. The largest absolute Gasteiger partial charge is 0.497 e. The number of hydrogen-bond acceptors (Lipinski definition) is 3. The second-order valence-corrected chi connectivity index (χ2v) is 5.59. The van der Waals surface area contributed by atoms with E-state index in [-0.39, 0.29) is 0 Å². The molecule has 0 saturated heterocycles. The van der Waals surface area contributed by atoms with E-state index in [2.05, 4.69) is 15.6 Å². The molecule has 0 atom stereocenters. The Kier molecular flexibility index (Phi) is 4.99. The topological polar surface area (TPSA) is 83.2 Å². The lowest BCUT2D eigenvalue weighted by molar-refractivity contribution is -0.136. The molecule has 0 spiro atoms. The monoisotopic (exact) mass is 337 g/mol. The molecule has 0 radical (unpaired) electrons. The summed E-state index contributed by atoms with van der Waals surface area (Å²) in [6.45, 7) is 0.384. The van der Waals surface area contributed by atoms with E-state index in [4.69, 9.17) is 4.74 Å².